The van der Waals surface area contributed by atoms with E-state index in [4.69, 9.17) is 9.05 Å². The first-order valence-corrected chi connectivity index (χ1v) is 9.85. The van der Waals surface area contributed by atoms with Crippen molar-refractivity contribution in [2.45, 2.75) is 71.5 Å². The zero-order valence-electron chi connectivity index (χ0n) is 15.5. The molecule has 144 valence electrons. The summed E-state index contributed by atoms with van der Waals surface area (Å²) in [6.07, 6.45) is 0.924. The van der Waals surface area contributed by atoms with E-state index in [1.807, 2.05) is 27.7 Å². The molecule has 0 unspecified atom stereocenters. The van der Waals surface area contributed by atoms with E-state index in [2.05, 4.69) is 5.32 Å². The summed E-state index contributed by atoms with van der Waals surface area (Å²) in [7, 11) is -3.39. The van der Waals surface area contributed by atoms with Crippen LogP contribution in [-0.2, 0) is 18.4 Å². The highest BCUT2D eigenvalue weighted by molar-refractivity contribution is 7.54. The summed E-state index contributed by atoms with van der Waals surface area (Å²) in [6, 6.07) is -0.104. The van der Waals surface area contributed by atoms with Crippen LogP contribution in [0, 0.1) is 0 Å². The Bertz CT molecular complexity index is 445. The molecular weight excluding hydrogens is 355 g/mol. The number of amides is 1. The fraction of sp³-hybridized carbons (Fsp3) is 0.933. The van der Waals surface area contributed by atoms with E-state index in [1.165, 1.54) is 5.06 Å². The number of nitrogens with one attached hydrogen (secondary N) is 1. The average molecular weight is 387 g/mol. The number of carbonyl (C=O) groups excluding carboxylic acids is 1. The summed E-state index contributed by atoms with van der Waals surface area (Å²) in [5.74, 6) is -0.349. The molecule has 2 N–H and O–H groups in total. The van der Waals surface area contributed by atoms with Gasteiger partial charge in [-0.1, -0.05) is 0 Å². The zero-order valence-corrected chi connectivity index (χ0v) is 17.2. The topological polar surface area (TPSA) is 88.1 Å². The van der Waals surface area contributed by atoms with Gasteiger partial charge < -0.3 is 19.6 Å². The van der Waals surface area contributed by atoms with Gasteiger partial charge in [0.1, 0.15) is 6.16 Å². The molecule has 1 saturated heterocycles. The van der Waals surface area contributed by atoms with Crippen LogP contribution in [0.25, 0.3) is 0 Å². The third kappa shape index (κ3) is 6.28. The minimum atomic E-state index is -3.39. The lowest BCUT2D eigenvalue weighted by Crippen LogP contribution is -2.63. The Kier molecular flexibility index (Phi) is 8.90. The van der Waals surface area contributed by atoms with Gasteiger partial charge in [-0.05, 0) is 54.4 Å². The maximum absolute atomic E-state index is 12.4. The van der Waals surface area contributed by atoms with Crippen molar-refractivity contribution in [3.63, 3.8) is 0 Å². The molecule has 9 heteroatoms. The van der Waals surface area contributed by atoms with Gasteiger partial charge in [-0.25, -0.2) is 0 Å². The highest BCUT2D eigenvalue weighted by atomic mass is 35.5. The van der Waals surface area contributed by atoms with Crippen LogP contribution in [0.4, 0.5) is 0 Å². The van der Waals surface area contributed by atoms with Crippen LogP contribution in [0.2, 0.25) is 0 Å². The third-order valence-corrected chi connectivity index (χ3v) is 5.97. The molecule has 24 heavy (non-hydrogen) atoms. The minimum Gasteiger partial charge on any atom is -0.353 e. The maximum atomic E-state index is 12.4. The number of hydroxylamine groups is 2. The first-order valence-electron chi connectivity index (χ1n) is 8.12. The molecule has 1 aliphatic heterocycles. The Morgan fingerprint density at radius 1 is 1.17 bits per heavy atom. The molecule has 0 aliphatic carbocycles. The first-order chi connectivity index (χ1) is 10.5. The monoisotopic (exact) mass is 386 g/mol. The van der Waals surface area contributed by atoms with Gasteiger partial charge in [-0.3, -0.25) is 9.36 Å². The lowest BCUT2D eigenvalue weighted by atomic mass is 9.79. The van der Waals surface area contributed by atoms with Crippen LogP contribution in [-0.4, -0.2) is 52.7 Å². The molecular formula is C15H32ClN2O5P. The predicted molar refractivity (Wildman–Crippen MR) is 95.9 cm³/mol. The smallest absolute Gasteiger partial charge is 0.340 e. The second-order valence-corrected chi connectivity index (χ2v) is 9.27. The van der Waals surface area contributed by atoms with Crippen LogP contribution < -0.4 is 5.32 Å². The second kappa shape index (κ2) is 8.97. The van der Waals surface area contributed by atoms with E-state index in [-0.39, 0.29) is 43.7 Å². The first kappa shape index (κ1) is 23.8. The highest BCUT2D eigenvalue weighted by Gasteiger charge is 2.45. The van der Waals surface area contributed by atoms with Crippen molar-refractivity contribution in [3.8, 4) is 0 Å². The summed E-state index contributed by atoms with van der Waals surface area (Å²) in [5, 5.41) is 14.5. The predicted octanol–water partition coefficient (Wildman–Crippen LogP) is 3.20. The Labute approximate surface area is 151 Å². The fourth-order valence-corrected chi connectivity index (χ4v) is 4.83. The molecule has 7 nitrogen and oxygen atoms in total. The number of hydrogen-bond acceptors (Lipinski definition) is 6. The van der Waals surface area contributed by atoms with Gasteiger partial charge in [0, 0.05) is 17.1 Å². The lowest BCUT2D eigenvalue weighted by molar-refractivity contribution is -0.246. The zero-order chi connectivity index (χ0) is 17.9. The molecule has 0 bridgehead atoms. The van der Waals surface area contributed by atoms with Crippen molar-refractivity contribution in [2.24, 2.45) is 0 Å². The molecule has 0 aromatic rings. The number of rotatable bonds is 7. The van der Waals surface area contributed by atoms with E-state index in [0.717, 1.165) is 0 Å². The normalized spacial score (nSPS) is 21.1. The molecule has 0 saturated carbocycles. The van der Waals surface area contributed by atoms with E-state index in [9.17, 15) is 14.6 Å². The maximum Gasteiger partial charge on any atom is 0.340 e. The Hall–Kier alpha value is -0.170. The van der Waals surface area contributed by atoms with Crippen molar-refractivity contribution in [3.05, 3.63) is 0 Å². The molecule has 0 radical (unpaired) electrons. The molecule has 0 aromatic carbocycles. The summed E-state index contributed by atoms with van der Waals surface area (Å²) < 4.78 is 22.7. The van der Waals surface area contributed by atoms with Crippen molar-refractivity contribution in [2.75, 3.05) is 19.4 Å². The number of piperidine rings is 1. The van der Waals surface area contributed by atoms with Gasteiger partial charge in [0.15, 0.2) is 0 Å². The van der Waals surface area contributed by atoms with Crippen LogP contribution in [0.3, 0.4) is 0 Å². The molecule has 0 spiro atoms. The van der Waals surface area contributed by atoms with E-state index < -0.39 is 18.7 Å². The average Bonchev–Trinajstić information content (AvgIpc) is 2.34. The van der Waals surface area contributed by atoms with Crippen LogP contribution in [0.15, 0.2) is 0 Å². The van der Waals surface area contributed by atoms with Gasteiger partial charge >= 0.3 is 7.60 Å². The molecule has 1 heterocycles. The highest BCUT2D eigenvalue weighted by Crippen LogP contribution is 2.47. The number of carbonyl (C=O) groups is 1. The van der Waals surface area contributed by atoms with Crippen molar-refractivity contribution in [1.82, 2.24) is 10.4 Å². The molecule has 0 aromatic heterocycles. The quantitative estimate of drug-likeness (QED) is 0.653. The SMILES string of the molecule is CCOP(=O)(CC(=O)NC1CC(C)(C)N(O)C(C)(C)C1)OCC.Cl. The minimum absolute atomic E-state index is 0. The summed E-state index contributed by atoms with van der Waals surface area (Å²) >= 11 is 0. The van der Waals surface area contributed by atoms with Crippen LogP contribution in [0.1, 0.15) is 54.4 Å². The van der Waals surface area contributed by atoms with Crippen LogP contribution in [0.5, 0.6) is 0 Å². The third-order valence-electron chi connectivity index (χ3n) is 3.99. The van der Waals surface area contributed by atoms with Gasteiger partial charge in [0.2, 0.25) is 5.91 Å². The molecule has 1 fully saturated rings. The Balaban J connectivity index is 0.00000529. The van der Waals surface area contributed by atoms with Gasteiger partial charge in [0.05, 0.1) is 13.2 Å². The van der Waals surface area contributed by atoms with E-state index >= 15 is 0 Å². The van der Waals surface area contributed by atoms with Crippen molar-refractivity contribution in [1.29, 1.82) is 0 Å². The summed E-state index contributed by atoms with van der Waals surface area (Å²) in [6.45, 7) is 11.6. The Morgan fingerprint density at radius 2 is 1.58 bits per heavy atom. The van der Waals surface area contributed by atoms with Crippen molar-refractivity contribution >= 4 is 25.9 Å². The standard InChI is InChI=1S/C15H31N2O5P.ClH/c1-7-21-23(20,22-8-2)11-13(18)16-12-9-14(3,4)17(19)15(5,6)10-12;/h12,19H,7-11H2,1-6H3,(H,16,18);1H. The second-order valence-electron chi connectivity index (χ2n) is 7.21. The molecule has 0 atom stereocenters. The van der Waals surface area contributed by atoms with E-state index in [0.29, 0.717) is 12.8 Å². The summed E-state index contributed by atoms with van der Waals surface area (Å²) in [4.78, 5) is 12.3. The number of halogens is 1. The number of hydrogen-bond donors (Lipinski definition) is 2. The largest absolute Gasteiger partial charge is 0.353 e. The van der Waals surface area contributed by atoms with Gasteiger partial charge in [0.25, 0.3) is 0 Å². The lowest BCUT2D eigenvalue weighted by Gasteiger charge is -2.51. The van der Waals surface area contributed by atoms with Gasteiger partial charge in [-0.2, -0.15) is 5.06 Å². The van der Waals surface area contributed by atoms with Gasteiger partial charge in [-0.15, -0.1) is 12.4 Å². The van der Waals surface area contributed by atoms with E-state index in [1.54, 1.807) is 13.8 Å². The molecule has 1 amide bonds. The fourth-order valence-electron chi connectivity index (χ4n) is 3.34. The van der Waals surface area contributed by atoms with Crippen LogP contribution >= 0.6 is 20.0 Å². The Morgan fingerprint density at radius 3 is 1.96 bits per heavy atom. The number of nitrogens with zero attached hydrogens (tertiary/aromatic N) is 1. The summed E-state index contributed by atoms with van der Waals surface area (Å²) in [5.41, 5.74) is -0.910. The van der Waals surface area contributed by atoms with Crippen molar-refractivity contribution < 1.29 is 23.6 Å². The molecule has 1 rings (SSSR count). The molecule has 1 aliphatic rings.